The van der Waals surface area contributed by atoms with E-state index >= 15 is 0 Å². The minimum absolute atomic E-state index is 0.212. The van der Waals surface area contributed by atoms with Gasteiger partial charge in [0.05, 0.1) is 0 Å². The van der Waals surface area contributed by atoms with Crippen LogP contribution >= 0.6 is 33.2 Å². The Kier molecular flexibility index (Phi) is 16.4. The zero-order valence-electron chi connectivity index (χ0n) is 15.0. The molecular weight excluding hydrogens is 412 g/mol. The maximum Gasteiger partial charge on any atom is 0.411 e. The number of hydrogen-bond donors (Lipinski definition) is 0. The molecule has 0 spiro atoms. The molecule has 1 nitrogen and oxygen atoms in total. The predicted octanol–water partition coefficient (Wildman–Crippen LogP) is 8.29. The van der Waals surface area contributed by atoms with Crippen LogP contribution in [0.5, 0.6) is 0 Å². The fourth-order valence-electron chi connectivity index (χ4n) is 2.66. The molecule has 0 bridgehead atoms. The van der Waals surface area contributed by atoms with Crippen LogP contribution < -0.4 is 0 Å². The Balaban J connectivity index is 3.08. The quantitative estimate of drug-likeness (QED) is 0.125. The van der Waals surface area contributed by atoms with Gasteiger partial charge < -0.3 is 4.74 Å². The highest BCUT2D eigenvalue weighted by molar-refractivity contribution is 7.64. The summed E-state index contributed by atoms with van der Waals surface area (Å²) in [4.78, 5) is 0. The van der Waals surface area contributed by atoms with Crippen LogP contribution in [0.25, 0.3) is 0 Å². The molecule has 0 aliphatic carbocycles. The molecule has 0 heterocycles. The van der Waals surface area contributed by atoms with Crippen molar-refractivity contribution in [3.8, 4) is 0 Å². The van der Waals surface area contributed by atoms with Crippen molar-refractivity contribution in [3.63, 3.8) is 0 Å². The zero-order chi connectivity index (χ0) is 19.0. The van der Waals surface area contributed by atoms with Crippen LogP contribution in [0.4, 0.5) is 13.2 Å². The van der Waals surface area contributed by atoms with Gasteiger partial charge >= 0.3 is 12.2 Å². The van der Waals surface area contributed by atoms with Gasteiger partial charge in [0.1, 0.15) is 6.61 Å². The number of unbranched alkanes of at least 4 members (excludes halogenated alkanes) is 12. The Morgan fingerprint density at radius 2 is 0.960 bits per heavy atom. The second-order valence-corrected chi connectivity index (χ2v) is 15.9. The summed E-state index contributed by atoms with van der Waals surface area (Å²) in [6, 6.07) is -1.64. The van der Waals surface area contributed by atoms with E-state index in [0.717, 1.165) is 38.1 Å². The highest BCUT2D eigenvalue weighted by Gasteiger charge is 2.27. The molecule has 25 heavy (non-hydrogen) atoms. The molecule has 0 aromatic heterocycles. The highest BCUT2D eigenvalue weighted by atomic mass is 35.8. The average Bonchev–Trinajstić information content (AvgIpc) is 2.48. The Morgan fingerprint density at radius 1 is 0.600 bits per heavy atom. The number of rotatable bonds is 17. The van der Waals surface area contributed by atoms with Crippen LogP contribution in [0.1, 0.15) is 83.5 Å². The smallest absolute Gasteiger partial charge is 0.372 e. The van der Waals surface area contributed by atoms with Gasteiger partial charge in [0.15, 0.2) is 0 Å². The Labute approximate surface area is 166 Å². The van der Waals surface area contributed by atoms with E-state index < -0.39 is 18.8 Å². The van der Waals surface area contributed by atoms with E-state index in [1.807, 2.05) is 0 Å². The number of hydrogen-bond acceptors (Lipinski definition) is 1. The van der Waals surface area contributed by atoms with Gasteiger partial charge in [-0.2, -0.15) is 13.2 Å². The third kappa shape index (κ3) is 24.8. The van der Waals surface area contributed by atoms with Crippen molar-refractivity contribution in [2.24, 2.45) is 0 Å². The number of alkyl halides is 3. The molecule has 0 atom stereocenters. The monoisotopic (exact) mass is 442 g/mol. The highest BCUT2D eigenvalue weighted by Crippen LogP contribution is 2.27. The molecule has 0 saturated carbocycles. The summed E-state index contributed by atoms with van der Waals surface area (Å²) in [5, 5.41) is 0. The van der Waals surface area contributed by atoms with E-state index in [0.29, 0.717) is 0 Å². The molecule has 0 aliphatic heterocycles. The van der Waals surface area contributed by atoms with Crippen molar-refractivity contribution < 1.29 is 17.9 Å². The fourth-order valence-corrected chi connectivity index (χ4v) is 4.52. The Morgan fingerprint density at radius 3 is 1.32 bits per heavy atom. The molecule has 0 saturated heterocycles. The molecule has 0 aliphatic rings. The van der Waals surface area contributed by atoms with Gasteiger partial charge in [-0.1, -0.05) is 77.0 Å². The van der Waals surface area contributed by atoms with E-state index in [9.17, 15) is 13.2 Å². The standard InChI is InChI=1S/C17H32Cl3F3OSi/c18-25(19,20)15-13-11-9-7-5-3-1-2-4-6-8-10-12-14-24-16-17(21,22)23/h1-16H2. The summed E-state index contributed by atoms with van der Waals surface area (Å²) >= 11 is 17.5. The lowest BCUT2D eigenvalue weighted by Gasteiger charge is -2.07. The lowest BCUT2D eigenvalue weighted by molar-refractivity contribution is -0.174. The summed E-state index contributed by atoms with van der Waals surface area (Å²) in [5.74, 6) is 0. The maximum absolute atomic E-state index is 11.8. The maximum atomic E-state index is 11.8. The topological polar surface area (TPSA) is 9.23 Å². The number of halogens is 6. The molecule has 0 aromatic carbocycles. The summed E-state index contributed by atoms with van der Waals surface area (Å²) < 4.78 is 40.1. The van der Waals surface area contributed by atoms with Gasteiger partial charge in [0.25, 0.3) is 0 Å². The molecule has 0 amide bonds. The van der Waals surface area contributed by atoms with Gasteiger partial charge in [-0.15, -0.1) is 33.2 Å². The third-order valence-corrected chi connectivity index (χ3v) is 6.64. The van der Waals surface area contributed by atoms with E-state index in [1.165, 1.54) is 51.4 Å². The molecule has 0 rings (SSSR count). The van der Waals surface area contributed by atoms with E-state index in [4.69, 9.17) is 33.2 Å². The van der Waals surface area contributed by atoms with Crippen molar-refractivity contribution in [2.75, 3.05) is 13.2 Å². The van der Waals surface area contributed by atoms with Crippen LogP contribution in [-0.2, 0) is 4.74 Å². The Bertz CT molecular complexity index is 272. The van der Waals surface area contributed by atoms with E-state index in [1.54, 1.807) is 0 Å². The number of ether oxygens (including phenoxy) is 1. The van der Waals surface area contributed by atoms with Gasteiger partial charge in [-0.05, 0) is 12.5 Å². The van der Waals surface area contributed by atoms with Crippen molar-refractivity contribution in [1.29, 1.82) is 0 Å². The lowest BCUT2D eigenvalue weighted by Crippen LogP contribution is -2.17. The first-order valence-corrected chi connectivity index (χ1v) is 14.7. The summed E-state index contributed by atoms with van der Waals surface area (Å²) in [7, 11) is 0. The molecule has 152 valence electrons. The second-order valence-electron chi connectivity index (χ2n) is 6.63. The Hall–Kier alpha value is 0.837. The molecular formula is C17H32Cl3F3OSi. The fraction of sp³-hybridized carbons (Fsp3) is 1.00. The summed E-state index contributed by atoms with van der Waals surface area (Å²) in [6.07, 6.45) is 10.7. The largest absolute Gasteiger partial charge is 0.411 e. The molecule has 0 N–H and O–H groups in total. The molecule has 0 unspecified atom stereocenters. The van der Waals surface area contributed by atoms with E-state index in [2.05, 4.69) is 4.74 Å². The molecule has 8 heteroatoms. The van der Waals surface area contributed by atoms with Crippen LogP contribution in [0.3, 0.4) is 0 Å². The van der Waals surface area contributed by atoms with Crippen LogP contribution in [0.2, 0.25) is 6.04 Å². The normalized spacial score (nSPS) is 12.7. The molecule has 0 aromatic rings. The first-order chi connectivity index (χ1) is 11.7. The van der Waals surface area contributed by atoms with Gasteiger partial charge in [0, 0.05) is 6.61 Å². The first-order valence-electron chi connectivity index (χ1n) is 9.42. The minimum Gasteiger partial charge on any atom is -0.372 e. The first kappa shape index (κ1) is 25.8. The van der Waals surface area contributed by atoms with Crippen LogP contribution in [0, 0.1) is 0 Å². The van der Waals surface area contributed by atoms with Crippen LogP contribution in [0.15, 0.2) is 0 Å². The average molecular weight is 444 g/mol. The van der Waals surface area contributed by atoms with Crippen molar-refractivity contribution in [1.82, 2.24) is 0 Å². The predicted molar refractivity (Wildman–Crippen MR) is 105 cm³/mol. The summed E-state index contributed by atoms with van der Waals surface area (Å²) in [6.45, 7) is -0.912. The van der Waals surface area contributed by atoms with E-state index in [-0.39, 0.29) is 6.61 Å². The van der Waals surface area contributed by atoms with Crippen molar-refractivity contribution >= 4 is 39.2 Å². The van der Waals surface area contributed by atoms with Crippen molar-refractivity contribution in [3.05, 3.63) is 0 Å². The van der Waals surface area contributed by atoms with Gasteiger partial charge in [0.2, 0.25) is 0 Å². The molecule has 0 radical (unpaired) electrons. The minimum atomic E-state index is -4.20. The lowest BCUT2D eigenvalue weighted by atomic mass is 10.0. The SMILES string of the molecule is FC(F)(F)COCCCCCCCCCCCCCCC[Si](Cl)(Cl)Cl. The van der Waals surface area contributed by atoms with Gasteiger partial charge in [-0.25, -0.2) is 0 Å². The molecule has 0 fully saturated rings. The second kappa shape index (κ2) is 15.9. The van der Waals surface area contributed by atoms with Crippen LogP contribution in [-0.4, -0.2) is 25.4 Å². The van der Waals surface area contributed by atoms with Gasteiger partial charge in [-0.3, -0.25) is 0 Å². The summed E-state index contributed by atoms with van der Waals surface area (Å²) in [5.41, 5.74) is 0. The van der Waals surface area contributed by atoms with Crippen molar-refractivity contribution in [2.45, 2.75) is 95.7 Å². The third-order valence-electron chi connectivity index (χ3n) is 4.01. The zero-order valence-corrected chi connectivity index (χ0v) is 18.3.